The Hall–Kier alpha value is -3.66. The molecular weight excluding hydrogens is 456 g/mol. The zero-order valence-corrected chi connectivity index (χ0v) is 20.5. The van der Waals surface area contributed by atoms with Gasteiger partial charge in [-0.05, 0) is 50.3 Å². The number of ether oxygens (including phenoxy) is 1. The summed E-state index contributed by atoms with van der Waals surface area (Å²) in [4.78, 5) is 47.5. The van der Waals surface area contributed by atoms with Gasteiger partial charge >= 0.3 is 5.97 Å². The molecule has 9 nitrogen and oxygen atoms in total. The number of aryl methyl sites for hydroxylation is 3. The molecule has 0 saturated heterocycles. The van der Waals surface area contributed by atoms with Gasteiger partial charge in [-0.1, -0.05) is 18.2 Å². The van der Waals surface area contributed by atoms with Gasteiger partial charge in [0.25, 0.3) is 5.91 Å². The summed E-state index contributed by atoms with van der Waals surface area (Å²) in [6, 6.07) is 9.14. The first kappa shape index (κ1) is 25.0. The van der Waals surface area contributed by atoms with Crippen LogP contribution in [0.3, 0.4) is 0 Å². The number of carbonyl (C=O) groups is 3. The van der Waals surface area contributed by atoms with Crippen molar-refractivity contribution in [3.05, 3.63) is 59.0 Å². The fourth-order valence-corrected chi connectivity index (χ4v) is 3.86. The lowest BCUT2D eigenvalue weighted by Crippen LogP contribution is -2.37. The topological polar surface area (TPSA) is 115 Å². The monoisotopic (exact) mass is 482 g/mol. The van der Waals surface area contributed by atoms with Crippen molar-refractivity contribution in [3.63, 3.8) is 0 Å². The molecule has 0 bridgehead atoms. The van der Waals surface area contributed by atoms with E-state index in [9.17, 15) is 14.4 Å². The van der Waals surface area contributed by atoms with Crippen molar-refractivity contribution in [2.24, 2.45) is 0 Å². The molecule has 0 spiro atoms. The molecule has 178 valence electrons. The first-order valence-corrected chi connectivity index (χ1v) is 11.7. The van der Waals surface area contributed by atoms with Crippen molar-refractivity contribution in [1.29, 1.82) is 0 Å². The molecule has 0 radical (unpaired) electrons. The Morgan fingerprint density at radius 3 is 2.41 bits per heavy atom. The number of para-hydroxylation sites is 1. The van der Waals surface area contributed by atoms with E-state index in [1.165, 1.54) is 30.0 Å². The summed E-state index contributed by atoms with van der Waals surface area (Å²) >= 11 is 1.26. The number of anilines is 1. The Labute approximate surface area is 201 Å². The molecule has 2 amide bonds. The van der Waals surface area contributed by atoms with E-state index in [0.29, 0.717) is 22.3 Å². The first-order chi connectivity index (χ1) is 16.2. The highest BCUT2D eigenvalue weighted by molar-refractivity contribution is 7.98. The number of thioether (sulfide) groups is 1. The van der Waals surface area contributed by atoms with Crippen LogP contribution in [0, 0.1) is 20.8 Å². The molecule has 2 heterocycles. The second-order valence-corrected chi connectivity index (χ2v) is 8.43. The van der Waals surface area contributed by atoms with E-state index in [1.807, 2.05) is 32.0 Å². The number of hydrogen-bond acceptors (Lipinski definition) is 8. The minimum absolute atomic E-state index is 0.180. The van der Waals surface area contributed by atoms with Crippen molar-refractivity contribution in [2.45, 2.75) is 25.8 Å². The minimum atomic E-state index is -0.713. The summed E-state index contributed by atoms with van der Waals surface area (Å²) < 4.78 is 10.6. The molecule has 0 unspecified atom stereocenters. The van der Waals surface area contributed by atoms with Crippen LogP contribution >= 0.6 is 11.8 Å². The van der Waals surface area contributed by atoms with Gasteiger partial charge in [-0.25, -0.2) is 14.8 Å². The lowest BCUT2D eigenvalue weighted by atomic mass is 10.1. The van der Waals surface area contributed by atoms with E-state index in [0.717, 1.165) is 16.8 Å². The number of likely N-dealkylation sites (N-methyl/N-ethyl adjacent to an activating group) is 1. The fraction of sp³-hybridized carbons (Fsp3) is 0.292. The van der Waals surface area contributed by atoms with Gasteiger partial charge in [-0.15, -0.1) is 11.8 Å². The maximum Gasteiger partial charge on any atom is 0.343 e. The van der Waals surface area contributed by atoms with Crippen LogP contribution < -0.4 is 5.32 Å². The van der Waals surface area contributed by atoms with E-state index in [2.05, 4.69) is 15.3 Å². The molecular formula is C24H26N4O5S. The van der Waals surface area contributed by atoms with Crippen LogP contribution in [0.5, 0.6) is 0 Å². The standard InChI is InChI=1S/C24H26N4O5S/c1-14-8-6-9-15(2)21(14)26-18(29)12-28(4)19(30)13-33-24(31)20-16(3)25-22(27-23(20)34-5)17-10-7-11-32-17/h6-11H,12-13H2,1-5H3,(H,26,29). The van der Waals surface area contributed by atoms with Crippen LogP contribution in [0.2, 0.25) is 0 Å². The van der Waals surface area contributed by atoms with Gasteiger partial charge in [0.05, 0.1) is 18.5 Å². The normalized spacial score (nSPS) is 10.6. The van der Waals surface area contributed by atoms with Gasteiger partial charge in [0.15, 0.2) is 18.2 Å². The maximum absolute atomic E-state index is 12.7. The Morgan fingerprint density at radius 2 is 1.79 bits per heavy atom. The van der Waals surface area contributed by atoms with E-state index in [-0.39, 0.29) is 18.0 Å². The van der Waals surface area contributed by atoms with E-state index < -0.39 is 18.5 Å². The highest BCUT2D eigenvalue weighted by atomic mass is 32.2. The van der Waals surface area contributed by atoms with Crippen molar-refractivity contribution < 1.29 is 23.5 Å². The lowest BCUT2D eigenvalue weighted by Gasteiger charge is -2.18. The Balaban J connectivity index is 1.61. The van der Waals surface area contributed by atoms with Crippen LogP contribution in [0.4, 0.5) is 5.69 Å². The molecule has 10 heteroatoms. The van der Waals surface area contributed by atoms with Crippen LogP contribution in [-0.2, 0) is 14.3 Å². The summed E-state index contributed by atoms with van der Waals surface area (Å²) in [7, 11) is 1.47. The molecule has 0 atom stereocenters. The zero-order chi connectivity index (χ0) is 24.8. The second kappa shape index (κ2) is 11.0. The molecule has 0 saturated carbocycles. The second-order valence-electron chi connectivity index (χ2n) is 7.64. The van der Waals surface area contributed by atoms with Crippen molar-refractivity contribution >= 4 is 35.2 Å². The van der Waals surface area contributed by atoms with Crippen molar-refractivity contribution in [2.75, 3.05) is 31.8 Å². The summed E-state index contributed by atoms with van der Waals surface area (Å²) in [5.74, 6) is -0.735. The molecule has 0 fully saturated rings. The largest absolute Gasteiger partial charge is 0.461 e. The lowest BCUT2D eigenvalue weighted by molar-refractivity contribution is -0.136. The van der Waals surface area contributed by atoms with Gasteiger partial charge in [-0.2, -0.15) is 0 Å². The summed E-state index contributed by atoms with van der Waals surface area (Å²) in [5, 5.41) is 3.24. The van der Waals surface area contributed by atoms with Gasteiger partial charge in [0.2, 0.25) is 5.91 Å². The van der Waals surface area contributed by atoms with Gasteiger partial charge in [0.1, 0.15) is 10.6 Å². The van der Waals surface area contributed by atoms with Gasteiger partial charge in [-0.3, -0.25) is 9.59 Å². The van der Waals surface area contributed by atoms with E-state index >= 15 is 0 Å². The quantitative estimate of drug-likeness (QED) is 0.294. The number of hydrogen-bond donors (Lipinski definition) is 1. The number of nitrogens with zero attached hydrogens (tertiary/aromatic N) is 3. The fourth-order valence-electron chi connectivity index (χ4n) is 3.25. The van der Waals surface area contributed by atoms with Crippen molar-refractivity contribution in [3.8, 4) is 11.6 Å². The number of furan rings is 1. The number of aromatic nitrogens is 2. The number of benzene rings is 1. The van der Waals surface area contributed by atoms with Crippen LogP contribution in [0.25, 0.3) is 11.6 Å². The molecule has 0 aliphatic carbocycles. The average Bonchev–Trinajstić information content (AvgIpc) is 3.34. The van der Waals surface area contributed by atoms with Crippen LogP contribution in [0.1, 0.15) is 27.2 Å². The summed E-state index contributed by atoms with van der Waals surface area (Å²) in [6.45, 7) is 4.76. The minimum Gasteiger partial charge on any atom is -0.461 e. The summed E-state index contributed by atoms with van der Waals surface area (Å²) in [6.07, 6.45) is 3.29. The average molecular weight is 483 g/mol. The number of nitrogens with one attached hydrogen (secondary N) is 1. The maximum atomic E-state index is 12.7. The Bertz CT molecular complexity index is 1190. The molecule has 34 heavy (non-hydrogen) atoms. The predicted octanol–water partition coefficient (Wildman–Crippen LogP) is 3.64. The number of carbonyl (C=O) groups excluding carboxylic acids is 3. The molecule has 0 aliphatic heterocycles. The smallest absolute Gasteiger partial charge is 0.343 e. The summed E-state index contributed by atoms with van der Waals surface area (Å²) in [5.41, 5.74) is 3.17. The molecule has 3 aromatic rings. The molecule has 1 N–H and O–H groups in total. The first-order valence-electron chi connectivity index (χ1n) is 10.4. The van der Waals surface area contributed by atoms with Crippen molar-refractivity contribution in [1.82, 2.24) is 14.9 Å². The highest BCUT2D eigenvalue weighted by Gasteiger charge is 2.23. The van der Waals surface area contributed by atoms with Gasteiger partial charge < -0.3 is 19.4 Å². The number of rotatable bonds is 8. The number of amides is 2. The molecule has 1 aromatic carbocycles. The molecule has 3 rings (SSSR count). The van der Waals surface area contributed by atoms with E-state index in [1.54, 1.807) is 25.3 Å². The highest BCUT2D eigenvalue weighted by Crippen LogP contribution is 2.25. The van der Waals surface area contributed by atoms with Crippen LogP contribution in [-0.4, -0.2) is 59.1 Å². The Morgan fingerprint density at radius 1 is 1.09 bits per heavy atom. The van der Waals surface area contributed by atoms with Gasteiger partial charge in [0, 0.05) is 12.7 Å². The number of esters is 1. The SMILES string of the molecule is CSc1nc(-c2ccco2)nc(C)c1C(=O)OCC(=O)N(C)CC(=O)Nc1c(C)cccc1C. The third-order valence-corrected chi connectivity index (χ3v) is 5.76. The third kappa shape index (κ3) is 5.82. The van der Waals surface area contributed by atoms with Crippen LogP contribution in [0.15, 0.2) is 46.0 Å². The van der Waals surface area contributed by atoms with E-state index in [4.69, 9.17) is 9.15 Å². The Kier molecular flexibility index (Phi) is 8.06. The molecule has 2 aromatic heterocycles. The third-order valence-electron chi connectivity index (χ3n) is 5.07. The molecule has 0 aliphatic rings. The predicted molar refractivity (Wildman–Crippen MR) is 129 cm³/mol. The zero-order valence-electron chi connectivity index (χ0n) is 19.7.